The van der Waals surface area contributed by atoms with Gasteiger partial charge in [-0.2, -0.15) is 0 Å². The molecule has 3 rings (SSSR count). The summed E-state index contributed by atoms with van der Waals surface area (Å²) in [7, 11) is -2.52. The largest absolute Gasteiger partial charge is 0.388 e. The Balaban J connectivity index is 1.86. The van der Waals surface area contributed by atoms with Crippen LogP contribution in [0.5, 0.6) is 0 Å². The monoisotopic (exact) mass is 430 g/mol. The second-order valence-electron chi connectivity index (χ2n) is 11.3. The molecule has 2 nitrogen and oxygen atoms in total. The summed E-state index contributed by atoms with van der Waals surface area (Å²) in [5, 5.41) is 1.30. The van der Waals surface area contributed by atoms with Crippen LogP contribution < -0.4 is 5.19 Å². The normalized spacial score (nSPS) is 33.2. The predicted molar refractivity (Wildman–Crippen MR) is 130 cm³/mol. The summed E-state index contributed by atoms with van der Waals surface area (Å²) >= 11 is 0. The van der Waals surface area contributed by atoms with Gasteiger partial charge in [-0.25, -0.2) is 0 Å². The van der Waals surface area contributed by atoms with Crippen molar-refractivity contribution in [3.05, 3.63) is 30.3 Å². The van der Waals surface area contributed by atoms with Crippen molar-refractivity contribution in [3.8, 4) is 0 Å². The lowest BCUT2D eigenvalue weighted by molar-refractivity contribution is -0.0185. The van der Waals surface area contributed by atoms with E-state index in [4.69, 9.17) is 8.85 Å². The Morgan fingerprint density at radius 1 is 0.733 bits per heavy atom. The molecule has 0 saturated heterocycles. The van der Waals surface area contributed by atoms with Crippen LogP contribution >= 0.6 is 0 Å². The smallest absolute Gasteiger partial charge is 0.369 e. The molecule has 2 aliphatic rings. The van der Waals surface area contributed by atoms with E-state index >= 15 is 0 Å². The van der Waals surface area contributed by atoms with E-state index in [0.29, 0.717) is 35.9 Å². The van der Waals surface area contributed by atoms with E-state index in [-0.39, 0.29) is 0 Å². The zero-order chi connectivity index (χ0) is 21.9. The van der Waals surface area contributed by atoms with E-state index in [9.17, 15) is 0 Å². The quantitative estimate of drug-likeness (QED) is 0.437. The maximum atomic E-state index is 7.16. The lowest BCUT2D eigenvalue weighted by Gasteiger charge is -2.45. The Bertz CT molecular complexity index is 610. The first-order valence-corrected chi connectivity index (χ1v) is 14.9. The molecule has 30 heavy (non-hydrogen) atoms. The molecule has 0 amide bonds. The van der Waals surface area contributed by atoms with E-state index < -0.39 is 8.56 Å². The first-order chi connectivity index (χ1) is 14.2. The van der Waals surface area contributed by atoms with Crippen molar-refractivity contribution in [1.82, 2.24) is 0 Å². The van der Waals surface area contributed by atoms with Gasteiger partial charge in [0.15, 0.2) is 0 Å². The van der Waals surface area contributed by atoms with Gasteiger partial charge in [-0.05, 0) is 85.8 Å². The van der Waals surface area contributed by atoms with Crippen molar-refractivity contribution in [3.63, 3.8) is 0 Å². The molecular weight excluding hydrogens is 384 g/mol. The highest BCUT2D eigenvalue weighted by Gasteiger charge is 2.45. The molecule has 1 aromatic rings. The van der Waals surface area contributed by atoms with Crippen molar-refractivity contribution in [2.24, 2.45) is 35.5 Å². The van der Waals surface area contributed by atoms with E-state index in [1.807, 2.05) is 0 Å². The first-order valence-electron chi connectivity index (χ1n) is 12.6. The molecule has 170 valence electrons. The number of hydrogen-bond donors (Lipinski definition) is 0. The van der Waals surface area contributed by atoms with E-state index in [0.717, 1.165) is 11.8 Å². The van der Waals surface area contributed by atoms with Gasteiger partial charge in [0.05, 0.1) is 12.2 Å². The Labute approximate surface area is 187 Å². The van der Waals surface area contributed by atoms with Crippen molar-refractivity contribution in [2.75, 3.05) is 0 Å². The Morgan fingerprint density at radius 2 is 1.17 bits per heavy atom. The fraction of sp³-hybridized carbons (Fsp3) is 0.778. The van der Waals surface area contributed by atoms with Crippen molar-refractivity contribution < 1.29 is 8.85 Å². The molecule has 2 saturated carbocycles. The standard InChI is InChI=1S/C27H46O2Si/c1-19(2)24-17-21(5)13-15-26(24)28-30(7,23-11-9-8-10-12-23)29-27-16-14-22(6)18-25(27)20(3)4/h8-12,19-22,24-27H,13-18H2,1-7H3/t21-,22-,24-,25-,26-,27-/m0/s1. The van der Waals surface area contributed by atoms with E-state index in [1.54, 1.807) is 0 Å². The van der Waals surface area contributed by atoms with Crippen LogP contribution in [0.1, 0.15) is 80.1 Å². The van der Waals surface area contributed by atoms with Crippen molar-refractivity contribution >= 4 is 13.7 Å². The first kappa shape index (κ1) is 24.0. The zero-order valence-corrected chi connectivity index (χ0v) is 21.6. The number of rotatable bonds is 7. The molecule has 0 unspecified atom stereocenters. The summed E-state index contributed by atoms with van der Waals surface area (Å²) in [5.41, 5.74) is 0. The zero-order valence-electron chi connectivity index (χ0n) is 20.6. The third kappa shape index (κ3) is 5.78. The van der Waals surface area contributed by atoms with Gasteiger partial charge in [-0.3, -0.25) is 0 Å². The van der Waals surface area contributed by atoms with Gasteiger partial charge < -0.3 is 8.85 Å². The molecule has 0 bridgehead atoms. The molecule has 3 heteroatoms. The Hall–Kier alpha value is -0.643. The molecule has 1 aromatic carbocycles. The highest BCUT2D eigenvalue weighted by Crippen LogP contribution is 2.40. The van der Waals surface area contributed by atoms with Crippen LogP contribution in [0.4, 0.5) is 0 Å². The lowest BCUT2D eigenvalue weighted by atomic mass is 9.75. The maximum absolute atomic E-state index is 7.16. The van der Waals surface area contributed by atoms with Gasteiger partial charge in [0.1, 0.15) is 0 Å². The molecule has 0 heterocycles. The summed E-state index contributed by atoms with van der Waals surface area (Å²) in [4.78, 5) is 0. The van der Waals surface area contributed by atoms with Gasteiger partial charge in [0.25, 0.3) is 0 Å². The van der Waals surface area contributed by atoms with E-state index in [1.165, 1.54) is 43.7 Å². The van der Waals surface area contributed by atoms with Crippen LogP contribution in [0.3, 0.4) is 0 Å². The molecule has 6 atom stereocenters. The third-order valence-corrected chi connectivity index (χ3v) is 10.8. The second kappa shape index (κ2) is 10.3. The van der Waals surface area contributed by atoms with E-state index in [2.05, 4.69) is 78.4 Å². The lowest BCUT2D eigenvalue weighted by Crippen LogP contribution is -2.58. The minimum absolute atomic E-state index is 0.332. The predicted octanol–water partition coefficient (Wildman–Crippen LogP) is 6.92. The molecule has 0 aromatic heterocycles. The topological polar surface area (TPSA) is 18.5 Å². The molecular formula is C27H46O2Si. The van der Waals surface area contributed by atoms with Crippen LogP contribution in [0.25, 0.3) is 0 Å². The van der Waals surface area contributed by atoms with Gasteiger partial charge in [0.2, 0.25) is 0 Å². The summed E-state index contributed by atoms with van der Waals surface area (Å²) in [6.45, 7) is 16.6. The molecule has 0 radical (unpaired) electrons. The summed E-state index contributed by atoms with van der Waals surface area (Å²) < 4.78 is 14.3. The maximum Gasteiger partial charge on any atom is 0.369 e. The fourth-order valence-electron chi connectivity index (χ4n) is 5.97. The fourth-order valence-corrected chi connectivity index (χ4v) is 8.84. The summed E-state index contributed by atoms with van der Waals surface area (Å²) in [6, 6.07) is 10.9. The van der Waals surface area contributed by atoms with Crippen LogP contribution in [-0.2, 0) is 8.85 Å². The SMILES string of the molecule is CC(C)[C@@H]1C[C@@H](C)CC[C@@H]1O[Si](C)(O[C@H]1CC[C@H](C)C[C@H]1C(C)C)c1ccccc1. The minimum Gasteiger partial charge on any atom is -0.388 e. The van der Waals surface area contributed by atoms with Crippen LogP contribution in [0.15, 0.2) is 30.3 Å². The molecule has 2 aliphatic carbocycles. The van der Waals surface area contributed by atoms with Crippen LogP contribution in [0.2, 0.25) is 6.55 Å². The van der Waals surface area contributed by atoms with Crippen molar-refractivity contribution in [1.29, 1.82) is 0 Å². The minimum atomic E-state index is -2.52. The van der Waals surface area contributed by atoms with Crippen LogP contribution in [0, 0.1) is 35.5 Å². The van der Waals surface area contributed by atoms with Crippen LogP contribution in [-0.4, -0.2) is 20.8 Å². The molecule has 0 spiro atoms. The highest BCUT2D eigenvalue weighted by molar-refractivity contribution is 6.80. The summed E-state index contributed by atoms with van der Waals surface area (Å²) in [6.07, 6.45) is 8.16. The Morgan fingerprint density at radius 3 is 1.57 bits per heavy atom. The molecule has 0 N–H and O–H groups in total. The number of benzene rings is 1. The van der Waals surface area contributed by atoms with Gasteiger partial charge >= 0.3 is 8.56 Å². The van der Waals surface area contributed by atoms with Gasteiger partial charge in [-0.1, -0.05) is 71.9 Å². The van der Waals surface area contributed by atoms with Crippen molar-refractivity contribution in [2.45, 2.75) is 98.8 Å². The average Bonchev–Trinajstić information content (AvgIpc) is 2.71. The highest BCUT2D eigenvalue weighted by atomic mass is 28.4. The second-order valence-corrected chi connectivity index (χ2v) is 14.2. The third-order valence-electron chi connectivity index (χ3n) is 7.96. The number of hydrogen-bond acceptors (Lipinski definition) is 2. The molecule has 0 aliphatic heterocycles. The van der Waals surface area contributed by atoms with Gasteiger partial charge in [0, 0.05) is 0 Å². The Kier molecular flexibility index (Phi) is 8.26. The summed E-state index contributed by atoms with van der Waals surface area (Å²) in [5.74, 6) is 4.22. The average molecular weight is 431 g/mol. The van der Waals surface area contributed by atoms with Gasteiger partial charge in [-0.15, -0.1) is 0 Å². The molecule has 2 fully saturated rings.